The summed E-state index contributed by atoms with van der Waals surface area (Å²) in [5, 5.41) is 7.98. The molecule has 148 valence electrons. The van der Waals surface area contributed by atoms with E-state index in [0.29, 0.717) is 18.1 Å². The molecule has 0 spiro atoms. The van der Waals surface area contributed by atoms with Crippen molar-refractivity contribution in [3.8, 4) is 28.6 Å². The third kappa shape index (κ3) is 3.80. The summed E-state index contributed by atoms with van der Waals surface area (Å²) in [7, 11) is 4.92. The van der Waals surface area contributed by atoms with E-state index in [9.17, 15) is 0 Å². The number of methoxy groups -OCH3 is 3. The Hall–Kier alpha value is -3.74. The predicted molar refractivity (Wildman–Crippen MR) is 112 cm³/mol. The summed E-state index contributed by atoms with van der Waals surface area (Å²) in [6.07, 6.45) is 0. The van der Waals surface area contributed by atoms with Gasteiger partial charge in [0.15, 0.2) is 5.65 Å². The maximum atomic E-state index is 5.62. The summed E-state index contributed by atoms with van der Waals surface area (Å²) >= 11 is 0. The van der Waals surface area contributed by atoms with E-state index in [1.54, 1.807) is 25.8 Å². The Morgan fingerprint density at radius 2 is 1.66 bits per heavy atom. The SMILES string of the molecule is COc1ccc(-c2nc3ccc(NCc4cccc(OC)c4)nn3c2OC)cc1. The molecule has 29 heavy (non-hydrogen) atoms. The second kappa shape index (κ2) is 8.10. The van der Waals surface area contributed by atoms with Crippen LogP contribution in [0.25, 0.3) is 16.9 Å². The van der Waals surface area contributed by atoms with Gasteiger partial charge >= 0.3 is 0 Å². The first-order valence-corrected chi connectivity index (χ1v) is 9.17. The molecule has 4 rings (SSSR count). The molecule has 2 aromatic carbocycles. The molecule has 0 saturated carbocycles. The highest BCUT2D eigenvalue weighted by atomic mass is 16.5. The highest BCUT2D eigenvalue weighted by molar-refractivity contribution is 5.70. The van der Waals surface area contributed by atoms with Crippen molar-refractivity contribution in [1.29, 1.82) is 0 Å². The van der Waals surface area contributed by atoms with Crippen LogP contribution < -0.4 is 19.5 Å². The molecule has 2 heterocycles. The molecule has 0 atom stereocenters. The van der Waals surface area contributed by atoms with Crippen LogP contribution in [0.5, 0.6) is 17.4 Å². The van der Waals surface area contributed by atoms with Crippen molar-refractivity contribution in [2.75, 3.05) is 26.6 Å². The van der Waals surface area contributed by atoms with Gasteiger partial charge < -0.3 is 19.5 Å². The number of rotatable bonds is 7. The molecule has 2 aromatic heterocycles. The first-order valence-electron chi connectivity index (χ1n) is 9.17. The molecule has 0 bridgehead atoms. The van der Waals surface area contributed by atoms with Gasteiger partial charge in [-0.2, -0.15) is 4.52 Å². The third-order valence-electron chi connectivity index (χ3n) is 4.60. The summed E-state index contributed by atoms with van der Waals surface area (Å²) in [6, 6.07) is 19.4. The zero-order chi connectivity index (χ0) is 20.2. The molecule has 0 unspecified atom stereocenters. The molecular formula is C22H22N4O3. The topological polar surface area (TPSA) is 69.9 Å². The predicted octanol–water partition coefficient (Wildman–Crippen LogP) is 4.03. The highest BCUT2D eigenvalue weighted by Crippen LogP contribution is 2.31. The van der Waals surface area contributed by atoms with Gasteiger partial charge in [-0.3, -0.25) is 0 Å². The first kappa shape index (κ1) is 18.6. The van der Waals surface area contributed by atoms with Gasteiger partial charge in [-0.15, -0.1) is 5.10 Å². The second-order valence-electron chi connectivity index (χ2n) is 6.39. The van der Waals surface area contributed by atoms with E-state index in [1.807, 2.05) is 60.7 Å². The smallest absolute Gasteiger partial charge is 0.243 e. The Bertz CT molecular complexity index is 1120. The normalized spacial score (nSPS) is 10.7. The molecule has 0 fully saturated rings. The molecule has 1 N–H and O–H groups in total. The third-order valence-corrected chi connectivity index (χ3v) is 4.60. The van der Waals surface area contributed by atoms with E-state index in [-0.39, 0.29) is 0 Å². The van der Waals surface area contributed by atoms with Gasteiger partial charge in [0, 0.05) is 12.1 Å². The van der Waals surface area contributed by atoms with Crippen LogP contribution in [-0.2, 0) is 6.54 Å². The lowest BCUT2D eigenvalue weighted by Crippen LogP contribution is -2.05. The molecule has 0 radical (unpaired) electrons. The molecule has 4 aromatic rings. The number of imidazole rings is 1. The van der Waals surface area contributed by atoms with Gasteiger partial charge in [0.25, 0.3) is 0 Å². The molecule has 0 saturated heterocycles. The number of ether oxygens (including phenoxy) is 3. The van der Waals surface area contributed by atoms with E-state index in [4.69, 9.17) is 14.2 Å². The molecule has 0 aliphatic rings. The fraction of sp³-hybridized carbons (Fsp3) is 0.182. The van der Waals surface area contributed by atoms with Crippen molar-refractivity contribution in [1.82, 2.24) is 14.6 Å². The van der Waals surface area contributed by atoms with Crippen LogP contribution in [0, 0.1) is 0 Å². The number of hydrogen-bond donors (Lipinski definition) is 1. The van der Waals surface area contributed by atoms with Crippen LogP contribution in [0.4, 0.5) is 5.82 Å². The lowest BCUT2D eigenvalue weighted by Gasteiger charge is -2.08. The van der Waals surface area contributed by atoms with E-state index >= 15 is 0 Å². The summed E-state index contributed by atoms with van der Waals surface area (Å²) < 4.78 is 17.8. The van der Waals surface area contributed by atoms with Crippen molar-refractivity contribution < 1.29 is 14.2 Å². The van der Waals surface area contributed by atoms with E-state index in [2.05, 4.69) is 15.4 Å². The summed E-state index contributed by atoms with van der Waals surface area (Å²) in [5.41, 5.74) is 3.47. The van der Waals surface area contributed by atoms with Crippen molar-refractivity contribution >= 4 is 11.5 Å². The number of benzene rings is 2. The van der Waals surface area contributed by atoms with Crippen LogP contribution in [0.2, 0.25) is 0 Å². The monoisotopic (exact) mass is 390 g/mol. The second-order valence-corrected chi connectivity index (χ2v) is 6.39. The van der Waals surface area contributed by atoms with Crippen molar-refractivity contribution in [2.24, 2.45) is 0 Å². The quantitative estimate of drug-likeness (QED) is 0.514. The molecule has 0 aliphatic carbocycles. The number of fused-ring (bicyclic) bond motifs is 1. The van der Waals surface area contributed by atoms with E-state index < -0.39 is 0 Å². The minimum atomic E-state index is 0.579. The van der Waals surface area contributed by atoms with Gasteiger partial charge in [0.05, 0.1) is 21.3 Å². The van der Waals surface area contributed by atoms with Gasteiger partial charge in [0.1, 0.15) is 23.0 Å². The standard InChI is InChI=1S/C22H22N4O3/c1-27-17-9-7-16(8-10-17)21-22(29-3)26-20(24-21)12-11-19(25-26)23-14-15-5-4-6-18(13-15)28-2/h4-13H,14H2,1-3H3,(H,23,25). The van der Waals surface area contributed by atoms with E-state index in [1.165, 1.54) is 0 Å². The van der Waals surface area contributed by atoms with Crippen LogP contribution in [0.3, 0.4) is 0 Å². The maximum absolute atomic E-state index is 5.62. The Labute approximate surface area is 168 Å². The van der Waals surface area contributed by atoms with E-state index in [0.717, 1.165) is 34.1 Å². The Kier molecular flexibility index (Phi) is 5.20. The minimum Gasteiger partial charge on any atom is -0.497 e. The Balaban J connectivity index is 1.62. The van der Waals surface area contributed by atoms with Crippen LogP contribution in [-0.4, -0.2) is 35.9 Å². The van der Waals surface area contributed by atoms with Crippen LogP contribution in [0.1, 0.15) is 5.56 Å². The van der Waals surface area contributed by atoms with Crippen LogP contribution >= 0.6 is 0 Å². The number of aromatic nitrogens is 3. The first-order chi connectivity index (χ1) is 14.2. The number of nitrogens with zero attached hydrogens (tertiary/aromatic N) is 3. The molecular weight excluding hydrogens is 368 g/mol. The summed E-state index contributed by atoms with van der Waals surface area (Å²) in [6.45, 7) is 0.623. The largest absolute Gasteiger partial charge is 0.497 e. The van der Waals surface area contributed by atoms with Crippen LogP contribution in [0.15, 0.2) is 60.7 Å². The van der Waals surface area contributed by atoms with Gasteiger partial charge in [-0.05, 0) is 54.1 Å². The number of hydrogen-bond acceptors (Lipinski definition) is 6. The zero-order valence-corrected chi connectivity index (χ0v) is 16.5. The minimum absolute atomic E-state index is 0.579. The average Bonchev–Trinajstić information content (AvgIpc) is 3.15. The van der Waals surface area contributed by atoms with Crippen molar-refractivity contribution in [3.63, 3.8) is 0 Å². The molecule has 0 amide bonds. The summed E-state index contributed by atoms with van der Waals surface area (Å²) in [4.78, 5) is 4.68. The van der Waals surface area contributed by atoms with Gasteiger partial charge in [0.2, 0.25) is 5.88 Å². The van der Waals surface area contributed by atoms with Crippen molar-refractivity contribution in [2.45, 2.75) is 6.54 Å². The fourth-order valence-corrected chi connectivity index (χ4v) is 3.10. The zero-order valence-electron chi connectivity index (χ0n) is 16.5. The molecule has 7 heteroatoms. The Morgan fingerprint density at radius 3 is 2.38 bits per heavy atom. The lowest BCUT2D eigenvalue weighted by molar-refractivity contribution is 0.389. The Morgan fingerprint density at radius 1 is 0.862 bits per heavy atom. The van der Waals surface area contributed by atoms with Gasteiger partial charge in [-0.25, -0.2) is 4.98 Å². The molecule has 0 aliphatic heterocycles. The molecule has 7 nitrogen and oxygen atoms in total. The van der Waals surface area contributed by atoms with Gasteiger partial charge in [-0.1, -0.05) is 12.1 Å². The maximum Gasteiger partial charge on any atom is 0.243 e. The lowest BCUT2D eigenvalue weighted by atomic mass is 10.1. The highest BCUT2D eigenvalue weighted by Gasteiger charge is 2.16. The van der Waals surface area contributed by atoms with Crippen molar-refractivity contribution in [3.05, 3.63) is 66.2 Å². The average molecular weight is 390 g/mol. The number of anilines is 1. The number of nitrogens with one attached hydrogen (secondary N) is 1. The summed E-state index contributed by atoms with van der Waals surface area (Å²) in [5.74, 6) is 2.92. The fourth-order valence-electron chi connectivity index (χ4n) is 3.10.